The van der Waals surface area contributed by atoms with E-state index in [1.807, 2.05) is 58.9 Å². The molecule has 0 spiro atoms. The number of carbonyl (C=O) groups is 2. The molecule has 0 atom stereocenters. The molecule has 1 aromatic carbocycles. The number of nitrogens with zero attached hydrogens (tertiary/aromatic N) is 1. The minimum absolute atomic E-state index is 0.340. The molecule has 0 fully saturated rings. The summed E-state index contributed by atoms with van der Waals surface area (Å²) in [7, 11) is 0. The minimum Gasteiger partial charge on any atom is -0.344 e. The van der Waals surface area contributed by atoms with Crippen LogP contribution in [0.2, 0.25) is 0 Å². The van der Waals surface area contributed by atoms with Gasteiger partial charge in [0.1, 0.15) is 0 Å². The van der Waals surface area contributed by atoms with E-state index in [2.05, 4.69) is 5.32 Å². The highest BCUT2D eigenvalue weighted by atomic mass is 16.2. The van der Waals surface area contributed by atoms with Crippen LogP contribution in [0, 0.1) is 18.8 Å². The largest absolute Gasteiger partial charge is 0.344 e. The molecule has 0 bridgehead atoms. The number of benzene rings is 1. The average molecular weight is 304 g/mol. The van der Waals surface area contributed by atoms with Crippen molar-refractivity contribution in [3.8, 4) is 0 Å². The Labute approximate surface area is 133 Å². The third kappa shape index (κ3) is 6.29. The number of hydrogen-bond donors (Lipinski definition) is 1. The molecule has 1 N–H and O–H groups in total. The number of amides is 2. The van der Waals surface area contributed by atoms with Crippen LogP contribution in [0.5, 0.6) is 0 Å². The Morgan fingerprint density at radius 3 is 1.95 bits per heavy atom. The van der Waals surface area contributed by atoms with Crippen LogP contribution in [0.25, 0.3) is 0 Å². The summed E-state index contributed by atoms with van der Waals surface area (Å²) in [5.41, 5.74) is 2.16. The van der Waals surface area contributed by atoms with Crippen molar-refractivity contribution in [1.82, 2.24) is 10.2 Å². The lowest BCUT2D eigenvalue weighted by atomic mass is 10.1. The molecule has 0 aliphatic rings. The fraction of sp³-hybridized carbons (Fsp3) is 0.556. The first-order valence-corrected chi connectivity index (χ1v) is 7.92. The van der Waals surface area contributed by atoms with Gasteiger partial charge in [0.15, 0.2) is 0 Å². The second-order valence-electron chi connectivity index (χ2n) is 6.67. The summed E-state index contributed by atoms with van der Waals surface area (Å²) in [6.07, 6.45) is 0. The van der Waals surface area contributed by atoms with E-state index >= 15 is 0 Å². The van der Waals surface area contributed by atoms with E-state index in [1.54, 1.807) is 4.90 Å². The van der Waals surface area contributed by atoms with Crippen molar-refractivity contribution in [2.24, 2.45) is 11.8 Å². The molecule has 2 amide bonds. The van der Waals surface area contributed by atoms with Gasteiger partial charge in [-0.05, 0) is 24.3 Å². The molecular formula is C18H28N2O2. The summed E-state index contributed by atoms with van der Waals surface area (Å²) < 4.78 is 0. The predicted octanol–water partition coefficient (Wildman–Crippen LogP) is 2.75. The van der Waals surface area contributed by atoms with E-state index in [-0.39, 0.29) is 0 Å². The molecule has 1 aromatic rings. The second-order valence-corrected chi connectivity index (χ2v) is 6.67. The summed E-state index contributed by atoms with van der Waals surface area (Å²) in [5, 5.41) is 2.72. The van der Waals surface area contributed by atoms with E-state index in [4.69, 9.17) is 0 Å². The van der Waals surface area contributed by atoms with Crippen molar-refractivity contribution < 1.29 is 9.59 Å². The number of rotatable bonds is 6. The van der Waals surface area contributed by atoms with Gasteiger partial charge in [-0.3, -0.25) is 9.59 Å². The van der Waals surface area contributed by atoms with Crippen molar-refractivity contribution in [3.05, 3.63) is 35.4 Å². The van der Waals surface area contributed by atoms with Crippen molar-refractivity contribution in [1.29, 1.82) is 0 Å². The van der Waals surface area contributed by atoms with E-state index in [0.29, 0.717) is 31.5 Å². The van der Waals surface area contributed by atoms with Crippen molar-refractivity contribution >= 4 is 11.8 Å². The zero-order valence-corrected chi connectivity index (χ0v) is 14.3. The standard InChI is InChI=1S/C18H28N2O2/c1-13(2)11-20(12-14(3)4)18(22)17(21)19-10-16-8-6-15(5)7-9-16/h6-9,13-14H,10-12H2,1-5H3,(H,19,21). The summed E-state index contributed by atoms with van der Waals surface area (Å²) in [6, 6.07) is 7.90. The summed E-state index contributed by atoms with van der Waals surface area (Å²) in [4.78, 5) is 26.0. The number of aryl methyl sites for hydroxylation is 1. The zero-order valence-electron chi connectivity index (χ0n) is 14.3. The molecule has 4 heteroatoms. The topological polar surface area (TPSA) is 49.4 Å². The van der Waals surface area contributed by atoms with Crippen LogP contribution in [-0.4, -0.2) is 29.8 Å². The maximum Gasteiger partial charge on any atom is 0.311 e. The van der Waals surface area contributed by atoms with Gasteiger partial charge in [-0.1, -0.05) is 57.5 Å². The third-order valence-corrected chi connectivity index (χ3v) is 3.23. The summed E-state index contributed by atoms with van der Waals surface area (Å²) >= 11 is 0. The molecule has 0 aromatic heterocycles. The van der Waals surface area contributed by atoms with Crippen LogP contribution in [0.1, 0.15) is 38.8 Å². The van der Waals surface area contributed by atoms with Gasteiger partial charge in [0.05, 0.1) is 0 Å². The normalized spacial score (nSPS) is 10.9. The molecule has 0 aliphatic heterocycles. The van der Waals surface area contributed by atoms with Crippen LogP contribution in [0.4, 0.5) is 0 Å². The van der Waals surface area contributed by atoms with E-state index < -0.39 is 11.8 Å². The lowest BCUT2D eigenvalue weighted by Crippen LogP contribution is -2.45. The van der Waals surface area contributed by atoms with Gasteiger partial charge in [0.25, 0.3) is 0 Å². The van der Waals surface area contributed by atoms with E-state index in [0.717, 1.165) is 5.56 Å². The van der Waals surface area contributed by atoms with Crippen LogP contribution < -0.4 is 5.32 Å². The highest BCUT2D eigenvalue weighted by molar-refractivity contribution is 6.34. The smallest absolute Gasteiger partial charge is 0.311 e. The maximum atomic E-state index is 12.3. The molecule has 0 heterocycles. The first-order valence-electron chi connectivity index (χ1n) is 7.92. The molecule has 0 saturated carbocycles. The van der Waals surface area contributed by atoms with Crippen LogP contribution in [0.15, 0.2) is 24.3 Å². The molecule has 0 saturated heterocycles. The van der Waals surface area contributed by atoms with Crippen LogP contribution >= 0.6 is 0 Å². The van der Waals surface area contributed by atoms with Gasteiger partial charge in [-0.25, -0.2) is 0 Å². The van der Waals surface area contributed by atoms with Gasteiger partial charge in [-0.2, -0.15) is 0 Å². The quantitative estimate of drug-likeness (QED) is 0.822. The lowest BCUT2D eigenvalue weighted by molar-refractivity contribution is -0.146. The van der Waals surface area contributed by atoms with Gasteiger partial charge in [-0.15, -0.1) is 0 Å². The average Bonchev–Trinajstić information content (AvgIpc) is 2.44. The molecule has 22 heavy (non-hydrogen) atoms. The summed E-state index contributed by atoms with van der Waals surface area (Å²) in [6.45, 7) is 11.8. The second kappa shape index (κ2) is 8.57. The van der Waals surface area contributed by atoms with Crippen molar-refractivity contribution in [2.45, 2.75) is 41.2 Å². The Morgan fingerprint density at radius 2 is 1.50 bits per heavy atom. The van der Waals surface area contributed by atoms with E-state index in [1.165, 1.54) is 5.56 Å². The summed E-state index contributed by atoms with van der Waals surface area (Å²) in [5.74, 6) is -0.281. The third-order valence-electron chi connectivity index (χ3n) is 3.23. The molecule has 4 nitrogen and oxygen atoms in total. The van der Waals surface area contributed by atoms with Gasteiger partial charge in [0, 0.05) is 19.6 Å². The molecule has 1 rings (SSSR count). The lowest BCUT2D eigenvalue weighted by Gasteiger charge is -2.25. The van der Waals surface area contributed by atoms with Crippen molar-refractivity contribution in [2.75, 3.05) is 13.1 Å². The van der Waals surface area contributed by atoms with Gasteiger partial charge >= 0.3 is 11.8 Å². The molecule has 0 radical (unpaired) electrons. The molecule has 122 valence electrons. The highest BCUT2D eigenvalue weighted by Crippen LogP contribution is 2.06. The fourth-order valence-corrected chi connectivity index (χ4v) is 2.23. The van der Waals surface area contributed by atoms with Crippen LogP contribution in [0.3, 0.4) is 0 Å². The Morgan fingerprint density at radius 1 is 1.00 bits per heavy atom. The van der Waals surface area contributed by atoms with Crippen LogP contribution in [-0.2, 0) is 16.1 Å². The minimum atomic E-state index is -0.526. The molecular weight excluding hydrogens is 276 g/mol. The Hall–Kier alpha value is -1.84. The maximum absolute atomic E-state index is 12.3. The number of nitrogens with one attached hydrogen (secondary N) is 1. The first-order chi connectivity index (χ1) is 10.3. The fourth-order valence-electron chi connectivity index (χ4n) is 2.23. The molecule has 0 unspecified atom stereocenters. The predicted molar refractivity (Wildman–Crippen MR) is 89.3 cm³/mol. The van der Waals surface area contributed by atoms with Gasteiger partial charge < -0.3 is 10.2 Å². The van der Waals surface area contributed by atoms with E-state index in [9.17, 15) is 9.59 Å². The highest BCUT2D eigenvalue weighted by Gasteiger charge is 2.22. The Bertz CT molecular complexity index is 482. The Balaban J connectivity index is 2.60. The zero-order chi connectivity index (χ0) is 16.7. The monoisotopic (exact) mass is 304 g/mol. The number of hydrogen-bond acceptors (Lipinski definition) is 2. The molecule has 0 aliphatic carbocycles. The first kappa shape index (κ1) is 18.2. The SMILES string of the molecule is Cc1ccc(CNC(=O)C(=O)N(CC(C)C)CC(C)C)cc1. The van der Waals surface area contributed by atoms with Gasteiger partial charge in [0.2, 0.25) is 0 Å². The van der Waals surface area contributed by atoms with Crippen molar-refractivity contribution in [3.63, 3.8) is 0 Å². The number of carbonyl (C=O) groups excluding carboxylic acids is 2. The Kier molecular flexibility index (Phi) is 7.09.